The van der Waals surface area contributed by atoms with Gasteiger partial charge in [-0.2, -0.15) is 4.31 Å². The van der Waals surface area contributed by atoms with Crippen molar-refractivity contribution in [1.29, 1.82) is 0 Å². The summed E-state index contributed by atoms with van der Waals surface area (Å²) in [5.74, 6) is -2.29. The molecule has 0 aliphatic carbocycles. The average Bonchev–Trinajstić information content (AvgIpc) is 2.69. The first-order chi connectivity index (χ1) is 13.7. The lowest BCUT2D eigenvalue weighted by Crippen LogP contribution is -2.31. The van der Waals surface area contributed by atoms with Crippen LogP contribution in [0.5, 0.6) is 0 Å². The van der Waals surface area contributed by atoms with E-state index in [9.17, 15) is 22.4 Å². The first-order valence-corrected chi connectivity index (χ1v) is 10.5. The Balaban J connectivity index is 2.12. The van der Waals surface area contributed by atoms with Gasteiger partial charge in [-0.3, -0.25) is 4.79 Å². The van der Waals surface area contributed by atoms with Crippen LogP contribution in [0.4, 0.5) is 10.1 Å². The number of rotatable bonds is 8. The molecule has 29 heavy (non-hydrogen) atoms. The Kier molecular flexibility index (Phi) is 7.72. The molecule has 1 amide bonds. The largest absolute Gasteiger partial charge is 0.452 e. The standard InChI is InChI=1S/C19H20ClFN2O5S/c1-3-23(4-2)29(26,27)17-11-13(9-10-14(17)20)19(25)28-12-18(24)22-16-8-6-5-7-15(16)21/h5-11H,3-4,12H2,1-2H3,(H,22,24). The molecule has 10 heteroatoms. The molecule has 0 unspecified atom stereocenters. The summed E-state index contributed by atoms with van der Waals surface area (Å²) in [5, 5.41) is 2.24. The van der Waals surface area contributed by atoms with Gasteiger partial charge >= 0.3 is 5.97 Å². The lowest BCUT2D eigenvalue weighted by atomic mass is 10.2. The molecule has 0 heterocycles. The number of hydrogen-bond donors (Lipinski definition) is 1. The number of benzene rings is 2. The summed E-state index contributed by atoms with van der Waals surface area (Å²) >= 11 is 6.02. The van der Waals surface area contributed by atoms with Gasteiger partial charge in [0, 0.05) is 13.1 Å². The van der Waals surface area contributed by atoms with Crippen LogP contribution in [0.2, 0.25) is 5.02 Å². The van der Waals surface area contributed by atoms with E-state index in [1.807, 2.05) is 0 Å². The maximum Gasteiger partial charge on any atom is 0.338 e. The van der Waals surface area contributed by atoms with Gasteiger partial charge in [0.1, 0.15) is 10.7 Å². The normalized spacial score (nSPS) is 11.3. The molecule has 0 aliphatic rings. The van der Waals surface area contributed by atoms with Crippen LogP contribution in [-0.2, 0) is 19.6 Å². The van der Waals surface area contributed by atoms with Gasteiger partial charge in [-0.15, -0.1) is 0 Å². The first-order valence-electron chi connectivity index (χ1n) is 8.71. The number of ether oxygens (including phenoxy) is 1. The molecule has 2 aromatic carbocycles. The first kappa shape index (κ1) is 22.8. The molecular weight excluding hydrogens is 423 g/mol. The van der Waals surface area contributed by atoms with E-state index < -0.39 is 34.3 Å². The lowest BCUT2D eigenvalue weighted by Gasteiger charge is -2.19. The van der Waals surface area contributed by atoms with E-state index in [0.29, 0.717) is 0 Å². The highest BCUT2D eigenvalue weighted by Gasteiger charge is 2.26. The summed E-state index contributed by atoms with van der Waals surface area (Å²) in [4.78, 5) is 23.9. The highest BCUT2D eigenvalue weighted by Crippen LogP contribution is 2.26. The summed E-state index contributed by atoms with van der Waals surface area (Å²) < 4.78 is 45.0. The predicted molar refractivity (Wildman–Crippen MR) is 107 cm³/mol. The summed E-state index contributed by atoms with van der Waals surface area (Å²) in [5.41, 5.74) is -0.133. The van der Waals surface area contributed by atoms with E-state index in [2.05, 4.69) is 5.32 Å². The number of para-hydroxylation sites is 1. The summed E-state index contributed by atoms with van der Waals surface area (Å²) in [6, 6.07) is 9.21. The van der Waals surface area contributed by atoms with Crippen LogP contribution in [0, 0.1) is 5.82 Å². The number of amides is 1. The van der Waals surface area contributed by atoms with Gasteiger partial charge < -0.3 is 10.1 Å². The molecule has 1 N–H and O–H groups in total. The van der Waals surface area contributed by atoms with E-state index in [4.69, 9.17) is 16.3 Å². The van der Waals surface area contributed by atoms with Crippen molar-refractivity contribution in [2.45, 2.75) is 18.7 Å². The van der Waals surface area contributed by atoms with E-state index in [0.717, 1.165) is 6.07 Å². The Morgan fingerprint density at radius 3 is 2.41 bits per heavy atom. The van der Waals surface area contributed by atoms with Crippen molar-refractivity contribution < 1.29 is 27.1 Å². The van der Waals surface area contributed by atoms with Crippen molar-refractivity contribution in [3.63, 3.8) is 0 Å². The summed E-state index contributed by atoms with van der Waals surface area (Å²) in [6.07, 6.45) is 0. The van der Waals surface area contributed by atoms with E-state index in [-0.39, 0.29) is 34.3 Å². The number of carbonyl (C=O) groups excluding carboxylic acids is 2. The molecule has 2 aromatic rings. The van der Waals surface area contributed by atoms with Crippen LogP contribution >= 0.6 is 11.6 Å². The van der Waals surface area contributed by atoms with Crippen LogP contribution in [-0.4, -0.2) is 44.3 Å². The number of sulfonamides is 1. The van der Waals surface area contributed by atoms with Crippen LogP contribution in [0.1, 0.15) is 24.2 Å². The number of anilines is 1. The van der Waals surface area contributed by atoms with Crippen molar-refractivity contribution in [3.8, 4) is 0 Å². The Hall–Kier alpha value is -2.49. The third kappa shape index (κ3) is 5.53. The third-order valence-electron chi connectivity index (χ3n) is 3.97. The van der Waals surface area contributed by atoms with E-state index >= 15 is 0 Å². The molecule has 0 aromatic heterocycles. The van der Waals surface area contributed by atoms with Gasteiger partial charge in [-0.1, -0.05) is 37.6 Å². The molecule has 0 saturated heterocycles. The zero-order valence-electron chi connectivity index (χ0n) is 15.8. The highest BCUT2D eigenvalue weighted by molar-refractivity contribution is 7.89. The molecule has 156 valence electrons. The molecule has 0 saturated carbocycles. The number of hydrogen-bond acceptors (Lipinski definition) is 5. The number of nitrogens with zero attached hydrogens (tertiary/aromatic N) is 1. The second-order valence-electron chi connectivity index (χ2n) is 5.84. The molecular formula is C19H20ClFN2O5S. The van der Waals surface area contributed by atoms with Gasteiger partial charge in [-0.25, -0.2) is 17.6 Å². The number of esters is 1. The zero-order valence-corrected chi connectivity index (χ0v) is 17.4. The summed E-state index contributed by atoms with van der Waals surface area (Å²) in [7, 11) is -3.89. The second kappa shape index (κ2) is 9.82. The molecule has 0 fully saturated rings. The van der Waals surface area contributed by atoms with E-state index in [1.165, 1.54) is 40.7 Å². The van der Waals surface area contributed by atoms with E-state index in [1.54, 1.807) is 13.8 Å². The molecule has 0 radical (unpaired) electrons. The van der Waals surface area contributed by atoms with Crippen LogP contribution < -0.4 is 5.32 Å². The average molecular weight is 443 g/mol. The van der Waals surface area contributed by atoms with Gasteiger partial charge in [0.2, 0.25) is 10.0 Å². The van der Waals surface area contributed by atoms with Crippen molar-refractivity contribution in [2.75, 3.05) is 25.0 Å². The highest BCUT2D eigenvalue weighted by atomic mass is 35.5. The Labute approximate surface area is 173 Å². The predicted octanol–water partition coefficient (Wildman–Crippen LogP) is 3.31. The fraction of sp³-hybridized carbons (Fsp3) is 0.263. The molecule has 7 nitrogen and oxygen atoms in total. The van der Waals surface area contributed by atoms with Crippen molar-refractivity contribution in [3.05, 3.63) is 58.9 Å². The molecule has 0 spiro atoms. The Morgan fingerprint density at radius 2 is 1.79 bits per heavy atom. The van der Waals surface area contributed by atoms with Gasteiger partial charge in [-0.05, 0) is 30.3 Å². The lowest BCUT2D eigenvalue weighted by molar-refractivity contribution is -0.119. The fourth-order valence-corrected chi connectivity index (χ4v) is 4.45. The number of halogens is 2. The van der Waals surface area contributed by atoms with Crippen molar-refractivity contribution >= 4 is 39.2 Å². The number of carbonyl (C=O) groups is 2. The minimum Gasteiger partial charge on any atom is -0.452 e. The maximum absolute atomic E-state index is 13.5. The van der Waals surface area contributed by atoms with Gasteiger partial charge in [0.15, 0.2) is 6.61 Å². The minimum atomic E-state index is -3.89. The van der Waals surface area contributed by atoms with Gasteiger partial charge in [0.25, 0.3) is 5.91 Å². The fourth-order valence-electron chi connectivity index (χ4n) is 2.49. The van der Waals surface area contributed by atoms with Crippen molar-refractivity contribution in [1.82, 2.24) is 4.31 Å². The van der Waals surface area contributed by atoms with Crippen LogP contribution in [0.3, 0.4) is 0 Å². The van der Waals surface area contributed by atoms with Crippen molar-refractivity contribution in [2.24, 2.45) is 0 Å². The monoisotopic (exact) mass is 442 g/mol. The zero-order chi connectivity index (χ0) is 21.6. The molecule has 0 atom stereocenters. The van der Waals surface area contributed by atoms with Crippen LogP contribution in [0.15, 0.2) is 47.4 Å². The molecule has 0 aliphatic heterocycles. The third-order valence-corrected chi connectivity index (χ3v) is 6.50. The topological polar surface area (TPSA) is 92.8 Å². The second-order valence-corrected chi connectivity index (χ2v) is 8.15. The van der Waals surface area contributed by atoms with Gasteiger partial charge in [0.05, 0.1) is 16.3 Å². The SMILES string of the molecule is CCN(CC)S(=O)(=O)c1cc(C(=O)OCC(=O)Nc2ccccc2F)ccc1Cl. The quantitative estimate of drug-likeness (QED) is 0.633. The maximum atomic E-state index is 13.5. The molecule has 0 bridgehead atoms. The Morgan fingerprint density at radius 1 is 1.14 bits per heavy atom. The minimum absolute atomic E-state index is 0.0363. The Bertz CT molecular complexity index is 1010. The summed E-state index contributed by atoms with van der Waals surface area (Å²) in [6.45, 7) is 3.16. The number of nitrogens with one attached hydrogen (secondary N) is 1. The van der Waals surface area contributed by atoms with Crippen LogP contribution in [0.25, 0.3) is 0 Å². The molecule has 2 rings (SSSR count). The smallest absolute Gasteiger partial charge is 0.338 e.